The molecule has 0 heterocycles. The zero-order valence-electron chi connectivity index (χ0n) is 5.47. The highest BCUT2D eigenvalue weighted by molar-refractivity contribution is 6.67. The maximum atomic E-state index is 10.6. The first-order valence-corrected chi connectivity index (χ1v) is 3.61. The SMILES string of the molecule is Nc1cc(C(=O)Cl)ccc1Cl. The Morgan fingerprint density at radius 1 is 1.45 bits per heavy atom. The Bertz CT molecular complexity index is 298. The van der Waals surface area contributed by atoms with Gasteiger partial charge < -0.3 is 5.73 Å². The molecule has 0 radical (unpaired) electrons. The molecule has 0 bridgehead atoms. The second-order valence-corrected chi connectivity index (χ2v) is 2.76. The van der Waals surface area contributed by atoms with Crippen molar-refractivity contribution in [3.8, 4) is 0 Å². The van der Waals surface area contributed by atoms with Crippen molar-refractivity contribution < 1.29 is 4.79 Å². The van der Waals surface area contributed by atoms with E-state index in [9.17, 15) is 4.79 Å². The normalized spacial score (nSPS) is 9.64. The van der Waals surface area contributed by atoms with Gasteiger partial charge in [0.1, 0.15) is 0 Å². The molecule has 0 saturated heterocycles. The zero-order valence-corrected chi connectivity index (χ0v) is 6.99. The molecule has 2 nitrogen and oxygen atoms in total. The molecule has 0 saturated carbocycles. The molecular weight excluding hydrogens is 185 g/mol. The minimum Gasteiger partial charge on any atom is -0.398 e. The molecule has 0 unspecified atom stereocenters. The van der Waals surface area contributed by atoms with Crippen LogP contribution in [0.25, 0.3) is 0 Å². The molecular formula is C7H5Cl2NO. The number of anilines is 1. The number of rotatable bonds is 1. The predicted octanol–water partition coefficient (Wildman–Crippen LogP) is 2.30. The van der Waals surface area contributed by atoms with Crippen molar-refractivity contribution >= 4 is 34.1 Å². The van der Waals surface area contributed by atoms with Crippen molar-refractivity contribution in [2.75, 3.05) is 5.73 Å². The summed E-state index contributed by atoms with van der Waals surface area (Å²) in [5.74, 6) is 0. The molecule has 2 N–H and O–H groups in total. The van der Waals surface area contributed by atoms with Crippen LogP contribution < -0.4 is 5.73 Å². The summed E-state index contributed by atoms with van der Waals surface area (Å²) < 4.78 is 0. The van der Waals surface area contributed by atoms with Crippen LogP contribution >= 0.6 is 23.2 Å². The largest absolute Gasteiger partial charge is 0.398 e. The molecule has 0 aliphatic heterocycles. The van der Waals surface area contributed by atoms with Crippen LogP contribution in [0.2, 0.25) is 5.02 Å². The summed E-state index contributed by atoms with van der Waals surface area (Å²) >= 11 is 10.8. The molecule has 0 atom stereocenters. The summed E-state index contributed by atoms with van der Waals surface area (Å²) in [6.45, 7) is 0. The highest BCUT2D eigenvalue weighted by atomic mass is 35.5. The fraction of sp³-hybridized carbons (Fsp3) is 0. The van der Waals surface area contributed by atoms with Gasteiger partial charge in [0.15, 0.2) is 0 Å². The number of hydrogen-bond donors (Lipinski definition) is 1. The van der Waals surface area contributed by atoms with E-state index >= 15 is 0 Å². The second-order valence-electron chi connectivity index (χ2n) is 2.01. The van der Waals surface area contributed by atoms with Crippen LogP contribution in [0.1, 0.15) is 10.4 Å². The molecule has 0 aromatic heterocycles. The first-order chi connectivity index (χ1) is 5.11. The van der Waals surface area contributed by atoms with Crippen LogP contribution in [0, 0.1) is 0 Å². The summed E-state index contributed by atoms with van der Waals surface area (Å²) in [5, 5.41) is -0.111. The minimum absolute atomic E-state index is 0.355. The molecule has 0 aliphatic rings. The lowest BCUT2D eigenvalue weighted by Crippen LogP contribution is -1.92. The summed E-state index contributed by atoms with van der Waals surface area (Å²) in [4.78, 5) is 10.6. The monoisotopic (exact) mass is 189 g/mol. The van der Waals surface area contributed by atoms with Gasteiger partial charge in [0.2, 0.25) is 0 Å². The Hall–Kier alpha value is -0.730. The summed E-state index contributed by atoms with van der Waals surface area (Å²) in [7, 11) is 0. The third-order valence-corrected chi connectivity index (χ3v) is 1.79. The Kier molecular flexibility index (Phi) is 2.37. The molecule has 0 fully saturated rings. The fourth-order valence-electron chi connectivity index (χ4n) is 0.666. The molecule has 1 aromatic rings. The minimum atomic E-state index is -0.534. The van der Waals surface area contributed by atoms with E-state index in [4.69, 9.17) is 28.9 Å². The highest BCUT2D eigenvalue weighted by Crippen LogP contribution is 2.20. The maximum absolute atomic E-state index is 10.6. The van der Waals surface area contributed by atoms with Gasteiger partial charge >= 0.3 is 0 Å². The molecule has 0 amide bonds. The van der Waals surface area contributed by atoms with Gasteiger partial charge in [0.25, 0.3) is 5.24 Å². The molecule has 1 aromatic carbocycles. The summed E-state index contributed by atoms with van der Waals surface area (Å²) in [5.41, 5.74) is 6.13. The molecule has 4 heteroatoms. The predicted molar refractivity (Wildman–Crippen MR) is 46.0 cm³/mol. The molecule has 1 rings (SSSR count). The van der Waals surface area contributed by atoms with E-state index in [0.29, 0.717) is 16.3 Å². The van der Waals surface area contributed by atoms with Crippen molar-refractivity contribution in [1.29, 1.82) is 0 Å². The van der Waals surface area contributed by atoms with E-state index in [0.717, 1.165) is 0 Å². The van der Waals surface area contributed by atoms with Crippen LogP contribution in [0.3, 0.4) is 0 Å². The van der Waals surface area contributed by atoms with Crippen molar-refractivity contribution in [2.45, 2.75) is 0 Å². The van der Waals surface area contributed by atoms with Gasteiger partial charge in [-0.1, -0.05) is 11.6 Å². The van der Waals surface area contributed by atoms with E-state index in [2.05, 4.69) is 0 Å². The summed E-state index contributed by atoms with van der Waals surface area (Å²) in [6.07, 6.45) is 0. The smallest absolute Gasteiger partial charge is 0.252 e. The average molecular weight is 190 g/mol. The summed E-state index contributed by atoms with van der Waals surface area (Å²) in [6, 6.07) is 4.50. The number of benzene rings is 1. The van der Waals surface area contributed by atoms with Crippen molar-refractivity contribution in [3.05, 3.63) is 28.8 Å². The number of halogens is 2. The van der Waals surface area contributed by atoms with Gasteiger partial charge in [-0.05, 0) is 29.8 Å². The van der Waals surface area contributed by atoms with Crippen LogP contribution in [0.5, 0.6) is 0 Å². The number of nitrogen functional groups attached to an aromatic ring is 1. The lowest BCUT2D eigenvalue weighted by Gasteiger charge is -1.97. The van der Waals surface area contributed by atoms with Gasteiger partial charge in [-0.3, -0.25) is 4.79 Å². The quantitative estimate of drug-likeness (QED) is 0.545. The van der Waals surface area contributed by atoms with Crippen LogP contribution in [-0.4, -0.2) is 5.24 Å². The fourth-order valence-corrected chi connectivity index (χ4v) is 0.901. The Balaban J connectivity index is 3.15. The number of carbonyl (C=O) groups excluding carboxylic acids is 1. The van der Waals surface area contributed by atoms with Crippen molar-refractivity contribution in [1.82, 2.24) is 0 Å². The van der Waals surface area contributed by atoms with Gasteiger partial charge in [-0.15, -0.1) is 0 Å². The molecule has 0 spiro atoms. The molecule has 58 valence electrons. The number of hydrogen-bond acceptors (Lipinski definition) is 2. The zero-order chi connectivity index (χ0) is 8.43. The van der Waals surface area contributed by atoms with E-state index < -0.39 is 5.24 Å². The van der Waals surface area contributed by atoms with Crippen LogP contribution in [0.15, 0.2) is 18.2 Å². The second kappa shape index (κ2) is 3.11. The maximum Gasteiger partial charge on any atom is 0.252 e. The van der Waals surface area contributed by atoms with Gasteiger partial charge in [0.05, 0.1) is 10.7 Å². The number of nitrogens with two attached hydrogens (primary N) is 1. The van der Waals surface area contributed by atoms with E-state index in [1.54, 1.807) is 0 Å². The third-order valence-electron chi connectivity index (χ3n) is 1.22. The van der Waals surface area contributed by atoms with Gasteiger partial charge in [0, 0.05) is 5.56 Å². The first-order valence-electron chi connectivity index (χ1n) is 2.86. The van der Waals surface area contributed by atoms with E-state index in [-0.39, 0.29) is 0 Å². The standard InChI is InChI=1S/C7H5Cl2NO/c8-5-2-1-4(7(9)11)3-6(5)10/h1-3H,10H2. The number of carbonyl (C=O) groups is 1. The Morgan fingerprint density at radius 3 is 2.55 bits per heavy atom. The van der Waals surface area contributed by atoms with Crippen LogP contribution in [-0.2, 0) is 0 Å². The van der Waals surface area contributed by atoms with Crippen molar-refractivity contribution in [2.24, 2.45) is 0 Å². The lowest BCUT2D eigenvalue weighted by atomic mass is 10.2. The van der Waals surface area contributed by atoms with Crippen molar-refractivity contribution in [3.63, 3.8) is 0 Å². The first kappa shape index (κ1) is 8.37. The van der Waals surface area contributed by atoms with E-state index in [1.807, 2.05) is 0 Å². The average Bonchev–Trinajstić information content (AvgIpc) is 1.94. The van der Waals surface area contributed by atoms with E-state index in [1.165, 1.54) is 18.2 Å². The third kappa shape index (κ3) is 1.85. The van der Waals surface area contributed by atoms with Gasteiger partial charge in [-0.2, -0.15) is 0 Å². The topological polar surface area (TPSA) is 43.1 Å². The Labute approximate surface area is 73.9 Å². The molecule has 0 aliphatic carbocycles. The highest BCUT2D eigenvalue weighted by Gasteiger charge is 2.02. The van der Waals surface area contributed by atoms with Gasteiger partial charge in [-0.25, -0.2) is 0 Å². The Morgan fingerprint density at radius 2 is 2.09 bits per heavy atom. The molecule has 11 heavy (non-hydrogen) atoms. The van der Waals surface area contributed by atoms with Crippen LogP contribution in [0.4, 0.5) is 5.69 Å². The lowest BCUT2D eigenvalue weighted by molar-refractivity contribution is 0.108.